The number of halogens is 3. The molecule has 1 aliphatic rings. The first-order valence-electron chi connectivity index (χ1n) is 14.2. The fraction of sp³-hybridized carbons (Fsp3) is 0.469. The molecule has 1 fully saturated rings. The third-order valence-electron chi connectivity index (χ3n) is 8.29. The molecule has 7 nitrogen and oxygen atoms in total. The van der Waals surface area contributed by atoms with Crippen molar-refractivity contribution in [3.63, 3.8) is 0 Å². The molecule has 1 saturated heterocycles. The van der Waals surface area contributed by atoms with Crippen LogP contribution in [0.25, 0.3) is 0 Å². The van der Waals surface area contributed by atoms with Crippen LogP contribution in [0.15, 0.2) is 57.8 Å². The number of piperidine rings is 1. The van der Waals surface area contributed by atoms with Crippen molar-refractivity contribution in [2.45, 2.75) is 71.6 Å². The molecule has 0 radical (unpaired) electrons. The molecule has 1 unspecified atom stereocenters. The molecule has 1 aromatic heterocycles. The molecule has 11 heteroatoms. The minimum atomic E-state index is -4.68. The van der Waals surface area contributed by atoms with Crippen LogP contribution in [0.1, 0.15) is 60.5 Å². The van der Waals surface area contributed by atoms with E-state index in [2.05, 4.69) is 4.90 Å². The number of esters is 1. The van der Waals surface area contributed by atoms with E-state index in [9.17, 15) is 26.4 Å². The third-order valence-corrected chi connectivity index (χ3v) is 10.4. The first-order chi connectivity index (χ1) is 20.0. The fourth-order valence-electron chi connectivity index (χ4n) is 5.96. The van der Waals surface area contributed by atoms with Crippen molar-refractivity contribution in [3.05, 3.63) is 82.3 Å². The zero-order valence-corrected chi connectivity index (χ0v) is 26.2. The monoisotopic (exact) mass is 620 g/mol. The Morgan fingerprint density at radius 3 is 2.21 bits per heavy atom. The molecule has 0 bridgehead atoms. The maximum atomic E-state index is 14.0. The number of ether oxygens (including phenoxy) is 1. The zero-order valence-electron chi connectivity index (χ0n) is 25.4. The van der Waals surface area contributed by atoms with Crippen molar-refractivity contribution in [3.8, 4) is 0 Å². The summed E-state index contributed by atoms with van der Waals surface area (Å²) in [6.45, 7) is 10.1. The van der Waals surface area contributed by atoms with Crippen molar-refractivity contribution >= 4 is 21.7 Å². The number of alkyl halides is 3. The largest absolute Gasteiger partial charge is 0.469 e. The predicted molar refractivity (Wildman–Crippen MR) is 158 cm³/mol. The van der Waals surface area contributed by atoms with Gasteiger partial charge >= 0.3 is 12.1 Å². The number of hydrogen-bond acceptors (Lipinski definition) is 6. The molecular formula is C32H39F3N2O5S. The topological polar surface area (TPSA) is 80.1 Å². The average molecular weight is 621 g/mol. The minimum Gasteiger partial charge on any atom is -0.469 e. The number of hydrogen-bond donors (Lipinski definition) is 0. The molecule has 0 saturated carbocycles. The maximum Gasteiger partial charge on any atom is 0.449 e. The molecular weight excluding hydrogens is 581 g/mol. The second-order valence-electron chi connectivity index (χ2n) is 11.9. The molecule has 3 aromatic rings. The number of sulfonamides is 1. The summed E-state index contributed by atoms with van der Waals surface area (Å²) in [6.07, 6.45) is -2.86. The van der Waals surface area contributed by atoms with Crippen LogP contribution in [0.5, 0.6) is 0 Å². The van der Waals surface area contributed by atoms with Crippen LogP contribution in [-0.2, 0) is 38.8 Å². The number of furan rings is 1. The molecule has 0 amide bonds. The summed E-state index contributed by atoms with van der Waals surface area (Å²) in [5.74, 6) is -1.43. The van der Waals surface area contributed by atoms with E-state index in [4.69, 9.17) is 9.15 Å². The number of anilines is 1. The number of carbonyl (C=O) groups is 1. The standard InChI is InChI=1S/C32H39F3N2O5S/c1-21-16-22(2)29(23(3)17-21)43(39,40)37(20-27-13-14-28(42-27)32(33,34)35)18-24-9-11-26(12-10-24)36-15-7-8-25(19-36)31(4,5)30(38)41-6/h9-14,16-17,25H,7-8,15,18-20H2,1-6H3. The van der Waals surface area contributed by atoms with Gasteiger partial charge in [0, 0.05) is 25.3 Å². The van der Waals surface area contributed by atoms with E-state index in [1.54, 1.807) is 26.0 Å². The zero-order chi connectivity index (χ0) is 31.7. The minimum absolute atomic E-state index is 0.0740. The molecule has 43 heavy (non-hydrogen) atoms. The van der Waals surface area contributed by atoms with E-state index < -0.39 is 27.4 Å². The number of nitrogens with zero attached hydrogens (tertiary/aromatic N) is 2. The van der Waals surface area contributed by atoms with E-state index in [-0.39, 0.29) is 35.6 Å². The number of aryl methyl sites for hydroxylation is 3. The summed E-state index contributed by atoms with van der Waals surface area (Å²) >= 11 is 0. The van der Waals surface area contributed by atoms with E-state index in [1.807, 2.05) is 45.0 Å². The van der Waals surface area contributed by atoms with Gasteiger partial charge in [-0.15, -0.1) is 0 Å². The molecule has 1 aliphatic heterocycles. The number of carbonyl (C=O) groups excluding carboxylic acids is 1. The number of benzene rings is 2. The van der Waals surface area contributed by atoms with E-state index >= 15 is 0 Å². The predicted octanol–water partition coefficient (Wildman–Crippen LogP) is 7.03. The summed E-state index contributed by atoms with van der Waals surface area (Å²) < 4.78 is 78.9. The van der Waals surface area contributed by atoms with Crippen molar-refractivity contribution in [2.24, 2.45) is 11.3 Å². The van der Waals surface area contributed by atoms with Crippen LogP contribution < -0.4 is 4.90 Å². The van der Waals surface area contributed by atoms with Gasteiger partial charge in [0.25, 0.3) is 0 Å². The van der Waals surface area contributed by atoms with Gasteiger partial charge in [0.05, 0.1) is 24.0 Å². The average Bonchev–Trinajstić information content (AvgIpc) is 3.41. The molecule has 234 valence electrons. The first kappa shape index (κ1) is 32.6. The Morgan fingerprint density at radius 1 is 1.02 bits per heavy atom. The Morgan fingerprint density at radius 2 is 1.65 bits per heavy atom. The molecule has 0 N–H and O–H groups in total. The summed E-state index contributed by atoms with van der Waals surface area (Å²) in [5, 5.41) is 0. The van der Waals surface area contributed by atoms with Crippen LogP contribution in [0.3, 0.4) is 0 Å². The van der Waals surface area contributed by atoms with Gasteiger partial charge in [-0.1, -0.05) is 29.8 Å². The molecule has 4 rings (SSSR count). The van der Waals surface area contributed by atoms with Crippen LogP contribution in [0, 0.1) is 32.1 Å². The van der Waals surface area contributed by atoms with Crippen LogP contribution >= 0.6 is 0 Å². The van der Waals surface area contributed by atoms with E-state index in [0.29, 0.717) is 23.2 Å². The highest BCUT2D eigenvalue weighted by atomic mass is 32.2. The fourth-order valence-corrected chi connectivity index (χ4v) is 7.77. The normalized spacial score (nSPS) is 16.5. The molecule has 0 aliphatic carbocycles. The van der Waals surface area contributed by atoms with E-state index in [0.717, 1.165) is 47.1 Å². The lowest BCUT2D eigenvalue weighted by Gasteiger charge is -2.41. The van der Waals surface area contributed by atoms with Gasteiger partial charge in [-0.05, 0) is 94.3 Å². The van der Waals surface area contributed by atoms with Crippen LogP contribution in [-0.4, -0.2) is 38.9 Å². The molecule has 1 atom stereocenters. The smallest absolute Gasteiger partial charge is 0.449 e. The van der Waals surface area contributed by atoms with Gasteiger partial charge in [-0.25, -0.2) is 8.42 Å². The lowest BCUT2D eigenvalue weighted by molar-refractivity contribution is -0.154. The molecule has 2 aromatic carbocycles. The molecule has 2 heterocycles. The number of rotatable bonds is 9. The van der Waals surface area contributed by atoms with E-state index in [1.165, 1.54) is 7.11 Å². The lowest BCUT2D eigenvalue weighted by atomic mass is 9.74. The van der Waals surface area contributed by atoms with Crippen molar-refractivity contribution < 1.29 is 35.5 Å². The summed E-state index contributed by atoms with van der Waals surface area (Å²) in [7, 11) is -2.73. The van der Waals surface area contributed by atoms with Gasteiger partial charge < -0.3 is 14.1 Å². The maximum absolute atomic E-state index is 14.0. The van der Waals surface area contributed by atoms with Crippen LogP contribution in [0.4, 0.5) is 18.9 Å². The Bertz CT molecular complexity index is 1540. The van der Waals surface area contributed by atoms with Gasteiger partial charge in [0.2, 0.25) is 15.8 Å². The quantitative estimate of drug-likeness (QED) is 0.239. The Hall–Kier alpha value is -3.31. The summed E-state index contributed by atoms with van der Waals surface area (Å²) in [6, 6.07) is 13.0. The summed E-state index contributed by atoms with van der Waals surface area (Å²) in [5.41, 5.74) is 3.00. The van der Waals surface area contributed by atoms with Gasteiger partial charge in [0.15, 0.2) is 0 Å². The Labute approximate surface area is 251 Å². The van der Waals surface area contributed by atoms with Crippen molar-refractivity contribution in [1.29, 1.82) is 0 Å². The highest BCUT2D eigenvalue weighted by Gasteiger charge is 2.40. The Kier molecular flexibility index (Phi) is 9.37. The van der Waals surface area contributed by atoms with Crippen molar-refractivity contribution in [1.82, 2.24) is 4.31 Å². The SMILES string of the molecule is COC(=O)C(C)(C)C1CCCN(c2ccc(CN(Cc3ccc(C(F)(F)F)o3)S(=O)(=O)c3c(C)cc(C)cc3C)cc2)C1. The summed E-state index contributed by atoms with van der Waals surface area (Å²) in [4.78, 5) is 14.7. The highest BCUT2D eigenvalue weighted by Crippen LogP contribution is 2.37. The van der Waals surface area contributed by atoms with Crippen molar-refractivity contribution in [2.75, 3.05) is 25.1 Å². The Balaban J connectivity index is 1.62. The number of methoxy groups -OCH3 is 1. The molecule has 0 spiro atoms. The van der Waals surface area contributed by atoms with Gasteiger partial charge in [-0.2, -0.15) is 17.5 Å². The lowest BCUT2D eigenvalue weighted by Crippen LogP contribution is -2.45. The second-order valence-corrected chi connectivity index (χ2v) is 13.8. The van der Waals surface area contributed by atoms with Gasteiger partial charge in [-0.3, -0.25) is 4.79 Å². The third kappa shape index (κ3) is 7.09. The second kappa shape index (κ2) is 12.4. The van der Waals surface area contributed by atoms with Crippen LogP contribution in [0.2, 0.25) is 0 Å². The highest BCUT2D eigenvalue weighted by molar-refractivity contribution is 7.89. The first-order valence-corrected chi connectivity index (χ1v) is 15.6. The van der Waals surface area contributed by atoms with Gasteiger partial charge in [0.1, 0.15) is 5.76 Å².